The molecule has 1 aromatic heterocycles. The summed E-state index contributed by atoms with van der Waals surface area (Å²) < 4.78 is 18.5. The Kier molecular flexibility index (Phi) is 4.14. The summed E-state index contributed by atoms with van der Waals surface area (Å²) in [5.41, 5.74) is -0.0981. The molecule has 0 aliphatic heterocycles. The maximum absolute atomic E-state index is 13.0. The zero-order valence-corrected chi connectivity index (χ0v) is 12.3. The van der Waals surface area contributed by atoms with Gasteiger partial charge in [0.25, 0.3) is 0 Å². The number of anilines is 1. The first-order chi connectivity index (χ1) is 9.33. The first-order valence-corrected chi connectivity index (χ1v) is 6.59. The third-order valence-corrected chi connectivity index (χ3v) is 2.63. The van der Waals surface area contributed by atoms with Crippen molar-refractivity contribution in [2.75, 3.05) is 5.32 Å². The maximum atomic E-state index is 13.0. The average molecular weight is 295 g/mol. The number of rotatable bonds is 3. The minimum atomic E-state index is -0.404. The molecule has 1 N–H and O–H groups in total. The smallest absolute Gasteiger partial charge is 0.221 e. The molecule has 0 radical (unpaired) electrons. The van der Waals surface area contributed by atoms with Gasteiger partial charge in [-0.05, 0) is 45.0 Å². The molecule has 0 spiro atoms. The van der Waals surface area contributed by atoms with E-state index < -0.39 is 5.82 Å². The van der Waals surface area contributed by atoms with Crippen LogP contribution in [0.3, 0.4) is 0 Å². The van der Waals surface area contributed by atoms with Crippen LogP contribution in [0.5, 0.6) is 11.6 Å². The van der Waals surface area contributed by atoms with E-state index in [4.69, 9.17) is 16.3 Å². The number of hydrogen-bond donors (Lipinski definition) is 1. The number of ether oxygens (including phenoxy) is 1. The summed E-state index contributed by atoms with van der Waals surface area (Å²) in [7, 11) is 0. The number of benzene rings is 1. The second kappa shape index (κ2) is 5.67. The van der Waals surface area contributed by atoms with Gasteiger partial charge in [0.05, 0.1) is 5.02 Å². The molecule has 1 aromatic carbocycles. The Hall–Kier alpha value is -1.81. The van der Waals surface area contributed by atoms with Crippen LogP contribution in [0.2, 0.25) is 5.02 Å². The van der Waals surface area contributed by atoms with Gasteiger partial charge in [0, 0.05) is 11.6 Å². The minimum Gasteiger partial charge on any atom is -0.437 e. The molecule has 0 aliphatic rings. The Morgan fingerprint density at radius 1 is 1.20 bits per heavy atom. The molecule has 3 nitrogen and oxygen atoms in total. The Labute approximate surface area is 122 Å². The second-order valence-corrected chi connectivity index (χ2v) is 5.82. The number of hydrogen-bond acceptors (Lipinski definition) is 3. The predicted molar refractivity (Wildman–Crippen MR) is 79.1 cm³/mol. The fraction of sp³-hybridized carbons (Fsp3) is 0.267. The second-order valence-electron chi connectivity index (χ2n) is 5.41. The highest BCUT2D eigenvalue weighted by molar-refractivity contribution is 6.32. The lowest BCUT2D eigenvalue weighted by Gasteiger charge is -2.21. The SMILES string of the molecule is CC(C)(C)Nc1cccc(Oc2ccc(F)cc2Cl)n1. The third kappa shape index (κ3) is 4.10. The Morgan fingerprint density at radius 2 is 1.95 bits per heavy atom. The van der Waals surface area contributed by atoms with Crippen molar-refractivity contribution < 1.29 is 9.13 Å². The Morgan fingerprint density at radius 3 is 2.60 bits per heavy atom. The van der Waals surface area contributed by atoms with Crippen LogP contribution in [0.4, 0.5) is 10.2 Å². The van der Waals surface area contributed by atoms with Gasteiger partial charge in [-0.15, -0.1) is 0 Å². The van der Waals surface area contributed by atoms with Crippen LogP contribution in [-0.2, 0) is 0 Å². The lowest BCUT2D eigenvalue weighted by molar-refractivity contribution is 0.461. The van der Waals surface area contributed by atoms with Crippen LogP contribution in [0.1, 0.15) is 20.8 Å². The highest BCUT2D eigenvalue weighted by Gasteiger charge is 2.11. The molecule has 0 saturated heterocycles. The van der Waals surface area contributed by atoms with Gasteiger partial charge in [-0.3, -0.25) is 0 Å². The van der Waals surface area contributed by atoms with Crippen LogP contribution >= 0.6 is 11.6 Å². The van der Waals surface area contributed by atoms with Crippen molar-refractivity contribution in [3.63, 3.8) is 0 Å². The summed E-state index contributed by atoms with van der Waals surface area (Å²) in [6, 6.07) is 9.36. The van der Waals surface area contributed by atoms with Crippen molar-refractivity contribution in [3.8, 4) is 11.6 Å². The van der Waals surface area contributed by atoms with Gasteiger partial charge in [-0.25, -0.2) is 4.39 Å². The summed E-state index contributed by atoms with van der Waals surface area (Å²) in [5.74, 6) is 1.06. The molecule has 0 unspecified atom stereocenters. The van der Waals surface area contributed by atoms with Crippen molar-refractivity contribution >= 4 is 17.4 Å². The minimum absolute atomic E-state index is 0.0981. The van der Waals surface area contributed by atoms with Crippen LogP contribution in [0.15, 0.2) is 36.4 Å². The van der Waals surface area contributed by atoms with Crippen molar-refractivity contribution in [3.05, 3.63) is 47.2 Å². The third-order valence-electron chi connectivity index (χ3n) is 2.34. The van der Waals surface area contributed by atoms with Crippen molar-refractivity contribution in [2.45, 2.75) is 26.3 Å². The van der Waals surface area contributed by atoms with E-state index in [-0.39, 0.29) is 10.6 Å². The lowest BCUT2D eigenvalue weighted by Crippen LogP contribution is -2.26. The normalized spacial score (nSPS) is 11.2. The van der Waals surface area contributed by atoms with Crippen LogP contribution < -0.4 is 10.1 Å². The summed E-state index contributed by atoms with van der Waals surface area (Å²) in [6.45, 7) is 6.12. The summed E-state index contributed by atoms with van der Waals surface area (Å²) >= 11 is 5.92. The van der Waals surface area contributed by atoms with Crippen LogP contribution in [0.25, 0.3) is 0 Å². The van der Waals surface area contributed by atoms with Crippen molar-refractivity contribution in [2.24, 2.45) is 0 Å². The van der Waals surface area contributed by atoms with Crippen molar-refractivity contribution in [1.82, 2.24) is 4.98 Å². The first-order valence-electron chi connectivity index (χ1n) is 6.22. The molecule has 20 heavy (non-hydrogen) atoms. The fourth-order valence-electron chi connectivity index (χ4n) is 1.60. The zero-order valence-electron chi connectivity index (χ0n) is 11.6. The van der Waals surface area contributed by atoms with Crippen LogP contribution in [-0.4, -0.2) is 10.5 Å². The lowest BCUT2D eigenvalue weighted by atomic mass is 10.1. The standard InChI is InChI=1S/C15H16ClFN2O/c1-15(2,3)19-13-5-4-6-14(18-13)20-12-8-7-10(17)9-11(12)16/h4-9H,1-3H3,(H,18,19). The van der Waals surface area contributed by atoms with Gasteiger partial charge in [0.2, 0.25) is 5.88 Å². The highest BCUT2D eigenvalue weighted by Crippen LogP contribution is 2.29. The van der Waals surface area contributed by atoms with Gasteiger partial charge in [-0.2, -0.15) is 4.98 Å². The highest BCUT2D eigenvalue weighted by atomic mass is 35.5. The van der Waals surface area contributed by atoms with Gasteiger partial charge < -0.3 is 10.1 Å². The number of halogens is 2. The predicted octanol–water partition coefficient (Wildman–Crippen LogP) is 4.88. The average Bonchev–Trinajstić information content (AvgIpc) is 2.31. The summed E-state index contributed by atoms with van der Waals surface area (Å²) in [4.78, 5) is 4.33. The van der Waals surface area contributed by atoms with E-state index in [1.54, 1.807) is 6.07 Å². The molecule has 1 heterocycles. The monoisotopic (exact) mass is 294 g/mol. The summed E-state index contributed by atoms with van der Waals surface area (Å²) in [6.07, 6.45) is 0. The van der Waals surface area contributed by atoms with E-state index in [9.17, 15) is 4.39 Å². The quantitative estimate of drug-likeness (QED) is 0.876. The molecule has 2 aromatic rings. The Bertz CT molecular complexity index is 611. The fourth-order valence-corrected chi connectivity index (χ4v) is 1.80. The van der Waals surface area contributed by atoms with Crippen LogP contribution in [0, 0.1) is 5.82 Å². The van der Waals surface area contributed by atoms with Gasteiger partial charge in [-0.1, -0.05) is 17.7 Å². The number of pyridine rings is 1. The molecule has 106 valence electrons. The zero-order chi connectivity index (χ0) is 14.8. The number of aromatic nitrogens is 1. The van der Waals surface area contributed by atoms with E-state index in [1.165, 1.54) is 18.2 Å². The van der Waals surface area contributed by atoms with E-state index >= 15 is 0 Å². The summed E-state index contributed by atoms with van der Waals surface area (Å²) in [5, 5.41) is 3.46. The number of nitrogens with one attached hydrogen (secondary N) is 1. The molecule has 2 rings (SSSR count). The topological polar surface area (TPSA) is 34.1 Å². The van der Waals surface area contributed by atoms with Gasteiger partial charge in [0.15, 0.2) is 0 Å². The molecule has 5 heteroatoms. The number of nitrogens with zero attached hydrogens (tertiary/aromatic N) is 1. The molecule has 0 fully saturated rings. The molecular weight excluding hydrogens is 279 g/mol. The van der Waals surface area contributed by atoms with Gasteiger partial charge >= 0.3 is 0 Å². The van der Waals surface area contributed by atoms with E-state index in [0.29, 0.717) is 17.4 Å². The van der Waals surface area contributed by atoms with E-state index in [0.717, 1.165) is 0 Å². The molecule has 0 saturated carbocycles. The molecule has 0 atom stereocenters. The van der Waals surface area contributed by atoms with E-state index in [1.807, 2.05) is 32.9 Å². The molecule has 0 bridgehead atoms. The largest absolute Gasteiger partial charge is 0.437 e. The van der Waals surface area contributed by atoms with Gasteiger partial charge in [0.1, 0.15) is 17.4 Å². The molecule has 0 amide bonds. The first kappa shape index (κ1) is 14.6. The molecule has 0 aliphatic carbocycles. The molecular formula is C15H16ClFN2O. The van der Waals surface area contributed by atoms with Crippen molar-refractivity contribution in [1.29, 1.82) is 0 Å². The maximum Gasteiger partial charge on any atom is 0.221 e. The Balaban J connectivity index is 2.19. The van der Waals surface area contributed by atoms with E-state index in [2.05, 4.69) is 10.3 Å².